The van der Waals surface area contributed by atoms with Crippen LogP contribution in [0.3, 0.4) is 0 Å². The molecule has 0 bridgehead atoms. The van der Waals surface area contributed by atoms with Crippen molar-refractivity contribution in [3.8, 4) is 5.75 Å². The van der Waals surface area contributed by atoms with E-state index in [-0.39, 0.29) is 5.02 Å². The van der Waals surface area contributed by atoms with Gasteiger partial charge in [-0.2, -0.15) is 4.39 Å². The molecule has 0 aromatic heterocycles. The summed E-state index contributed by atoms with van der Waals surface area (Å²) in [7, 11) is 1.08. The van der Waals surface area contributed by atoms with Gasteiger partial charge in [0, 0.05) is 5.56 Å². The molecule has 0 saturated heterocycles. The monoisotopic (exact) mass is 252 g/mol. The Kier molecular flexibility index (Phi) is 3.66. The van der Waals surface area contributed by atoms with Crippen molar-refractivity contribution in [1.29, 1.82) is 0 Å². The number of halogens is 3. The first kappa shape index (κ1) is 12.7. The van der Waals surface area contributed by atoms with Gasteiger partial charge in [-0.1, -0.05) is 11.6 Å². The topological polar surface area (TPSA) is 66.8 Å². The minimum Gasteiger partial charge on any atom is -0.492 e. The summed E-state index contributed by atoms with van der Waals surface area (Å²) >= 11 is 5.52. The van der Waals surface area contributed by atoms with Crippen LogP contribution < -0.4 is 4.74 Å². The van der Waals surface area contributed by atoms with Gasteiger partial charge in [-0.25, -0.2) is 9.18 Å². The number of carbonyl (C=O) groups is 1. The van der Waals surface area contributed by atoms with Crippen LogP contribution in [-0.2, 0) is 4.79 Å². The highest BCUT2D eigenvalue weighted by Crippen LogP contribution is 2.33. The Hall–Kier alpha value is -1.40. The summed E-state index contributed by atoms with van der Waals surface area (Å²) in [5.41, 5.74) is -0.754. The molecule has 88 valence electrons. The normalized spacial score (nSPS) is 12.3. The van der Waals surface area contributed by atoms with Gasteiger partial charge in [-0.15, -0.1) is 0 Å². The highest BCUT2D eigenvalue weighted by molar-refractivity contribution is 6.32. The predicted octanol–water partition coefficient (Wildman–Crippen LogP) is 1.74. The Morgan fingerprint density at radius 3 is 2.50 bits per heavy atom. The first-order valence-electron chi connectivity index (χ1n) is 4.02. The summed E-state index contributed by atoms with van der Waals surface area (Å²) in [6.45, 7) is 0. The third-order valence-electron chi connectivity index (χ3n) is 1.88. The molecule has 16 heavy (non-hydrogen) atoms. The van der Waals surface area contributed by atoms with Gasteiger partial charge >= 0.3 is 5.97 Å². The first-order chi connectivity index (χ1) is 7.40. The minimum atomic E-state index is -2.18. The van der Waals surface area contributed by atoms with Crippen LogP contribution in [0.15, 0.2) is 6.07 Å². The molecule has 1 rings (SSSR count). The Morgan fingerprint density at radius 2 is 2.06 bits per heavy atom. The van der Waals surface area contributed by atoms with Crippen LogP contribution in [0, 0.1) is 11.6 Å². The van der Waals surface area contributed by atoms with E-state index in [4.69, 9.17) is 21.8 Å². The van der Waals surface area contributed by atoms with Gasteiger partial charge in [0.2, 0.25) is 5.82 Å². The molecule has 0 aliphatic rings. The standard InChI is InChI=1S/C9H7ClF2O4/c1-16-8-4(10)2-3(5(11)6(8)12)7(13)9(14)15/h2,7,13H,1H3,(H,14,15). The molecule has 0 heterocycles. The average Bonchev–Trinajstić information content (AvgIpc) is 2.23. The van der Waals surface area contributed by atoms with Crippen molar-refractivity contribution >= 4 is 17.6 Å². The minimum absolute atomic E-state index is 0.322. The van der Waals surface area contributed by atoms with E-state index in [0.29, 0.717) is 0 Å². The van der Waals surface area contributed by atoms with Crippen LogP contribution in [0.1, 0.15) is 11.7 Å². The van der Waals surface area contributed by atoms with Gasteiger partial charge in [-0.05, 0) is 6.07 Å². The molecule has 0 aliphatic heterocycles. The van der Waals surface area contributed by atoms with Crippen LogP contribution in [-0.4, -0.2) is 23.3 Å². The fraction of sp³-hybridized carbons (Fsp3) is 0.222. The van der Waals surface area contributed by atoms with Gasteiger partial charge in [0.1, 0.15) is 0 Å². The van der Waals surface area contributed by atoms with Crippen molar-refractivity contribution in [1.82, 2.24) is 0 Å². The van der Waals surface area contributed by atoms with Crippen molar-refractivity contribution in [3.63, 3.8) is 0 Å². The average molecular weight is 253 g/mol. The predicted molar refractivity (Wildman–Crippen MR) is 50.5 cm³/mol. The van der Waals surface area contributed by atoms with Gasteiger partial charge < -0.3 is 14.9 Å². The molecule has 1 atom stereocenters. The number of hydrogen-bond donors (Lipinski definition) is 2. The van der Waals surface area contributed by atoms with E-state index in [0.717, 1.165) is 13.2 Å². The lowest BCUT2D eigenvalue weighted by Gasteiger charge is -2.11. The van der Waals surface area contributed by atoms with E-state index in [1.165, 1.54) is 0 Å². The van der Waals surface area contributed by atoms with Crippen molar-refractivity contribution in [2.45, 2.75) is 6.10 Å². The number of benzene rings is 1. The summed E-state index contributed by atoms with van der Waals surface area (Å²) in [5, 5.41) is 17.2. The molecular formula is C9H7ClF2O4. The van der Waals surface area contributed by atoms with Gasteiger partial charge in [0.25, 0.3) is 0 Å². The lowest BCUT2D eigenvalue weighted by Crippen LogP contribution is -2.13. The van der Waals surface area contributed by atoms with E-state index < -0.39 is 35.0 Å². The number of ether oxygens (including phenoxy) is 1. The van der Waals surface area contributed by atoms with Crippen LogP contribution in [0.4, 0.5) is 8.78 Å². The van der Waals surface area contributed by atoms with Gasteiger partial charge in [-0.3, -0.25) is 0 Å². The number of rotatable bonds is 3. The fourth-order valence-corrected chi connectivity index (χ4v) is 1.39. The van der Waals surface area contributed by atoms with Gasteiger partial charge in [0.15, 0.2) is 17.7 Å². The second-order valence-electron chi connectivity index (χ2n) is 2.85. The second-order valence-corrected chi connectivity index (χ2v) is 3.26. The maximum absolute atomic E-state index is 13.3. The van der Waals surface area contributed by atoms with E-state index in [1.807, 2.05) is 0 Å². The number of carboxylic acid groups (broad SMARTS) is 1. The number of aliphatic carboxylic acids is 1. The lowest BCUT2D eigenvalue weighted by molar-refractivity contribution is -0.147. The molecule has 7 heteroatoms. The number of methoxy groups -OCH3 is 1. The van der Waals surface area contributed by atoms with Crippen molar-refractivity contribution in [2.75, 3.05) is 7.11 Å². The summed E-state index contributed by atoms with van der Waals surface area (Å²) in [4.78, 5) is 10.4. The number of carboxylic acids is 1. The van der Waals surface area contributed by atoms with Crippen molar-refractivity contribution in [2.24, 2.45) is 0 Å². The third-order valence-corrected chi connectivity index (χ3v) is 2.16. The molecule has 0 aliphatic carbocycles. The summed E-state index contributed by atoms with van der Waals surface area (Å²) in [6, 6.07) is 0.803. The molecule has 1 unspecified atom stereocenters. The van der Waals surface area contributed by atoms with Crippen LogP contribution in [0.25, 0.3) is 0 Å². The molecular weight excluding hydrogens is 246 g/mol. The molecule has 1 aromatic carbocycles. The van der Waals surface area contributed by atoms with E-state index in [9.17, 15) is 13.6 Å². The highest BCUT2D eigenvalue weighted by atomic mass is 35.5. The summed E-state index contributed by atoms with van der Waals surface area (Å²) < 4.78 is 31.0. The fourth-order valence-electron chi connectivity index (χ4n) is 1.12. The second kappa shape index (κ2) is 4.63. The molecule has 0 amide bonds. The van der Waals surface area contributed by atoms with E-state index >= 15 is 0 Å². The molecule has 1 aromatic rings. The Morgan fingerprint density at radius 1 is 1.50 bits per heavy atom. The lowest BCUT2D eigenvalue weighted by atomic mass is 10.1. The zero-order valence-electron chi connectivity index (χ0n) is 8.00. The SMILES string of the molecule is COc1c(Cl)cc(C(O)C(=O)O)c(F)c1F. The number of aliphatic hydroxyl groups is 1. The van der Waals surface area contributed by atoms with Crippen molar-refractivity contribution in [3.05, 3.63) is 28.3 Å². The maximum Gasteiger partial charge on any atom is 0.337 e. The molecule has 2 N–H and O–H groups in total. The molecule has 0 spiro atoms. The van der Waals surface area contributed by atoms with Crippen LogP contribution >= 0.6 is 11.6 Å². The first-order valence-corrected chi connectivity index (χ1v) is 4.40. The molecule has 0 radical (unpaired) electrons. The Balaban J connectivity index is 3.39. The summed E-state index contributed by atoms with van der Waals surface area (Å²) in [6.07, 6.45) is -2.18. The quantitative estimate of drug-likeness (QED) is 0.804. The third kappa shape index (κ3) is 2.07. The van der Waals surface area contributed by atoms with E-state index in [1.54, 1.807) is 0 Å². The maximum atomic E-state index is 13.3. The van der Waals surface area contributed by atoms with Gasteiger partial charge in [0.05, 0.1) is 12.1 Å². The number of aliphatic hydroxyl groups excluding tert-OH is 1. The number of hydrogen-bond acceptors (Lipinski definition) is 3. The Bertz CT molecular complexity index is 436. The molecule has 4 nitrogen and oxygen atoms in total. The zero-order valence-corrected chi connectivity index (χ0v) is 8.76. The van der Waals surface area contributed by atoms with Crippen LogP contribution in [0.5, 0.6) is 5.75 Å². The van der Waals surface area contributed by atoms with Crippen LogP contribution in [0.2, 0.25) is 5.02 Å². The Labute approximate surface area is 94.0 Å². The van der Waals surface area contributed by atoms with E-state index in [2.05, 4.69) is 4.74 Å². The molecule has 0 fully saturated rings. The highest BCUT2D eigenvalue weighted by Gasteiger charge is 2.26. The molecule has 0 saturated carbocycles. The smallest absolute Gasteiger partial charge is 0.337 e. The summed E-state index contributed by atoms with van der Waals surface area (Å²) in [5.74, 6) is -5.19. The largest absolute Gasteiger partial charge is 0.492 e. The zero-order chi connectivity index (χ0) is 12.5. The van der Waals surface area contributed by atoms with Crippen molar-refractivity contribution < 1.29 is 28.5 Å².